The van der Waals surface area contributed by atoms with Gasteiger partial charge in [-0.15, -0.1) is 11.3 Å². The lowest BCUT2D eigenvalue weighted by atomic mass is 9.95. The van der Waals surface area contributed by atoms with Crippen molar-refractivity contribution in [1.82, 2.24) is 15.6 Å². The molecule has 2 bridgehead atoms. The van der Waals surface area contributed by atoms with E-state index in [9.17, 15) is 4.79 Å². The van der Waals surface area contributed by atoms with Crippen molar-refractivity contribution in [3.8, 4) is 0 Å². The number of amides is 1. The van der Waals surface area contributed by atoms with Crippen LogP contribution in [0.4, 0.5) is 0 Å². The number of rotatable bonds is 4. The molecule has 2 saturated heterocycles. The summed E-state index contributed by atoms with van der Waals surface area (Å²) in [4.78, 5) is 19.1. The fraction of sp³-hybridized carbons (Fsp3) is 0.412. The summed E-state index contributed by atoms with van der Waals surface area (Å²) in [6, 6.07) is 9.15. The molecule has 6 heteroatoms. The normalized spacial score (nSPS) is 25.7. The van der Waals surface area contributed by atoms with Gasteiger partial charge in [-0.05, 0) is 50.5 Å². The number of carbonyl (C=O) groups is 1. The Morgan fingerprint density at radius 1 is 1.35 bits per heavy atom. The van der Waals surface area contributed by atoms with Crippen LogP contribution in [-0.2, 0) is 0 Å². The fourth-order valence-corrected chi connectivity index (χ4v) is 5.31. The zero-order chi connectivity index (χ0) is 15.8. The molecule has 2 aliphatic rings. The van der Waals surface area contributed by atoms with Crippen molar-refractivity contribution in [2.75, 3.05) is 0 Å². The lowest BCUT2D eigenvalue weighted by Crippen LogP contribution is -2.42. The monoisotopic (exact) mass is 345 g/mol. The van der Waals surface area contributed by atoms with Gasteiger partial charge in [-0.2, -0.15) is 0 Å². The number of nitrogens with zero attached hydrogens (tertiary/aromatic N) is 1. The van der Waals surface area contributed by atoms with Crippen molar-refractivity contribution >= 4 is 29.0 Å². The van der Waals surface area contributed by atoms with Gasteiger partial charge in [0.1, 0.15) is 0 Å². The topological polar surface area (TPSA) is 54.0 Å². The highest BCUT2D eigenvalue weighted by atomic mass is 32.2. The van der Waals surface area contributed by atoms with E-state index < -0.39 is 0 Å². The molecule has 4 rings (SSSR count). The zero-order valence-corrected chi connectivity index (χ0v) is 14.5. The van der Waals surface area contributed by atoms with Crippen LogP contribution in [0.3, 0.4) is 0 Å². The van der Waals surface area contributed by atoms with Crippen LogP contribution < -0.4 is 10.6 Å². The van der Waals surface area contributed by atoms with E-state index in [1.807, 2.05) is 30.5 Å². The van der Waals surface area contributed by atoms with Crippen LogP contribution in [0.25, 0.3) is 0 Å². The Morgan fingerprint density at radius 3 is 2.78 bits per heavy atom. The molecule has 2 N–H and O–H groups in total. The Balaban J connectivity index is 1.38. The second kappa shape index (κ2) is 6.26. The predicted molar refractivity (Wildman–Crippen MR) is 93.2 cm³/mol. The summed E-state index contributed by atoms with van der Waals surface area (Å²) >= 11 is 3.32. The molecule has 3 heterocycles. The zero-order valence-electron chi connectivity index (χ0n) is 12.9. The maximum atomic E-state index is 12.4. The van der Waals surface area contributed by atoms with Crippen molar-refractivity contribution in [3.05, 3.63) is 40.9 Å². The number of hydrogen-bond acceptors (Lipinski definition) is 5. The Bertz CT molecular complexity index is 713. The van der Waals surface area contributed by atoms with Gasteiger partial charge in [-0.3, -0.25) is 4.79 Å². The molecular weight excluding hydrogens is 326 g/mol. The van der Waals surface area contributed by atoms with Gasteiger partial charge in [0.05, 0.1) is 0 Å². The molecule has 2 aliphatic heterocycles. The van der Waals surface area contributed by atoms with E-state index in [1.165, 1.54) is 17.7 Å². The highest BCUT2D eigenvalue weighted by molar-refractivity contribution is 8.01. The average molecular weight is 345 g/mol. The molecule has 120 valence electrons. The van der Waals surface area contributed by atoms with E-state index in [-0.39, 0.29) is 11.9 Å². The Labute approximate surface area is 144 Å². The van der Waals surface area contributed by atoms with Crippen LogP contribution in [-0.4, -0.2) is 29.0 Å². The SMILES string of the molecule is Cc1cnc(Sc2ccc(C(=O)NC3CC4CCC3N4)cc2)s1. The third-order valence-electron chi connectivity index (χ3n) is 4.54. The largest absolute Gasteiger partial charge is 0.348 e. The van der Waals surface area contributed by atoms with E-state index in [2.05, 4.69) is 22.5 Å². The second-order valence-electron chi connectivity index (χ2n) is 6.23. The molecule has 4 nitrogen and oxygen atoms in total. The van der Waals surface area contributed by atoms with Gasteiger partial charge >= 0.3 is 0 Å². The standard InChI is InChI=1S/C17H19N3OS2/c1-10-9-18-17(22-10)23-13-5-2-11(3-6-13)16(21)20-15-8-12-4-7-14(15)19-12/h2-3,5-6,9,12,14-15,19H,4,7-8H2,1H3,(H,20,21). The molecule has 2 fully saturated rings. The summed E-state index contributed by atoms with van der Waals surface area (Å²) in [7, 11) is 0. The van der Waals surface area contributed by atoms with E-state index in [0.29, 0.717) is 12.1 Å². The van der Waals surface area contributed by atoms with Crippen molar-refractivity contribution in [3.63, 3.8) is 0 Å². The van der Waals surface area contributed by atoms with E-state index in [0.717, 1.165) is 21.2 Å². The predicted octanol–water partition coefficient (Wildman–Crippen LogP) is 3.23. The van der Waals surface area contributed by atoms with Crippen molar-refractivity contribution in [1.29, 1.82) is 0 Å². The minimum atomic E-state index is 0.0333. The molecular formula is C17H19N3OS2. The molecule has 1 aromatic heterocycles. The number of aryl methyl sites for hydroxylation is 1. The van der Waals surface area contributed by atoms with Crippen LogP contribution in [0.1, 0.15) is 34.5 Å². The third kappa shape index (κ3) is 3.29. The molecule has 3 unspecified atom stereocenters. The first-order chi connectivity index (χ1) is 11.2. The van der Waals surface area contributed by atoms with Gasteiger partial charge in [0.2, 0.25) is 0 Å². The lowest BCUT2D eigenvalue weighted by molar-refractivity contribution is 0.0931. The summed E-state index contributed by atoms with van der Waals surface area (Å²) in [6.45, 7) is 2.06. The molecule has 3 atom stereocenters. The van der Waals surface area contributed by atoms with Crippen LogP contribution in [0.5, 0.6) is 0 Å². The van der Waals surface area contributed by atoms with E-state index in [1.54, 1.807) is 23.1 Å². The van der Waals surface area contributed by atoms with Crippen LogP contribution in [0, 0.1) is 6.92 Å². The molecule has 23 heavy (non-hydrogen) atoms. The molecule has 1 aromatic carbocycles. The first kappa shape index (κ1) is 15.2. The Hall–Kier alpha value is -1.37. The summed E-state index contributed by atoms with van der Waals surface area (Å²) < 4.78 is 1.03. The summed E-state index contributed by atoms with van der Waals surface area (Å²) in [6.07, 6.45) is 5.38. The quantitative estimate of drug-likeness (QED) is 0.893. The minimum absolute atomic E-state index is 0.0333. The average Bonchev–Trinajstić information content (AvgIpc) is 3.25. The number of nitrogens with one attached hydrogen (secondary N) is 2. The van der Waals surface area contributed by atoms with Crippen molar-refractivity contribution in [2.24, 2.45) is 0 Å². The summed E-state index contributed by atoms with van der Waals surface area (Å²) in [5, 5.41) is 6.73. The third-order valence-corrected chi connectivity index (χ3v) is 6.53. The molecule has 2 aromatic rings. The first-order valence-corrected chi connectivity index (χ1v) is 9.58. The van der Waals surface area contributed by atoms with E-state index >= 15 is 0 Å². The smallest absolute Gasteiger partial charge is 0.251 e. The molecule has 0 spiro atoms. The number of fused-ring (bicyclic) bond motifs is 2. The number of hydrogen-bond donors (Lipinski definition) is 2. The molecule has 0 saturated carbocycles. The highest BCUT2D eigenvalue weighted by Crippen LogP contribution is 2.31. The van der Waals surface area contributed by atoms with Crippen LogP contribution in [0.15, 0.2) is 39.7 Å². The van der Waals surface area contributed by atoms with Gasteiger partial charge in [0.25, 0.3) is 5.91 Å². The van der Waals surface area contributed by atoms with Crippen LogP contribution in [0.2, 0.25) is 0 Å². The molecule has 0 radical (unpaired) electrons. The lowest BCUT2D eigenvalue weighted by Gasteiger charge is -2.21. The molecule has 0 aliphatic carbocycles. The Kier molecular flexibility index (Phi) is 4.13. The molecule has 1 amide bonds. The Morgan fingerprint density at radius 2 is 2.17 bits per heavy atom. The minimum Gasteiger partial charge on any atom is -0.348 e. The van der Waals surface area contributed by atoms with E-state index in [4.69, 9.17) is 0 Å². The summed E-state index contributed by atoms with van der Waals surface area (Å²) in [5.41, 5.74) is 0.729. The van der Waals surface area contributed by atoms with Gasteiger partial charge in [0.15, 0.2) is 4.34 Å². The van der Waals surface area contributed by atoms with Crippen molar-refractivity contribution in [2.45, 2.75) is 53.5 Å². The first-order valence-electron chi connectivity index (χ1n) is 7.94. The second-order valence-corrected chi connectivity index (χ2v) is 8.78. The number of benzene rings is 1. The fourth-order valence-electron chi connectivity index (χ4n) is 3.39. The van der Waals surface area contributed by atoms with Gasteiger partial charge in [-0.25, -0.2) is 4.98 Å². The van der Waals surface area contributed by atoms with Crippen LogP contribution >= 0.6 is 23.1 Å². The van der Waals surface area contributed by atoms with Gasteiger partial charge < -0.3 is 10.6 Å². The maximum absolute atomic E-state index is 12.4. The van der Waals surface area contributed by atoms with Crippen molar-refractivity contribution < 1.29 is 4.79 Å². The number of carbonyl (C=O) groups excluding carboxylic acids is 1. The highest BCUT2D eigenvalue weighted by Gasteiger charge is 2.39. The maximum Gasteiger partial charge on any atom is 0.251 e. The number of thiazole rings is 1. The summed E-state index contributed by atoms with van der Waals surface area (Å²) in [5.74, 6) is 0.0333. The van der Waals surface area contributed by atoms with Gasteiger partial charge in [0, 0.05) is 39.7 Å². The number of aromatic nitrogens is 1. The van der Waals surface area contributed by atoms with Gasteiger partial charge in [-0.1, -0.05) is 11.8 Å².